The summed E-state index contributed by atoms with van der Waals surface area (Å²) in [7, 11) is 1.73. The molecule has 5 rings (SSSR count). The number of morpholine rings is 1. The van der Waals surface area contributed by atoms with E-state index in [1.165, 1.54) is 5.01 Å². The normalized spacial score (nSPS) is 17.9. The smallest absolute Gasteiger partial charge is 0.257 e. The molecule has 0 saturated carbocycles. The van der Waals surface area contributed by atoms with Gasteiger partial charge in [-0.25, -0.2) is 5.01 Å². The Kier molecular flexibility index (Phi) is 7.15. The number of hydrazone groups is 1. The van der Waals surface area contributed by atoms with Crippen molar-refractivity contribution in [2.45, 2.75) is 12.5 Å². The number of rotatable bonds is 8. The number of hydrogen-bond donors (Lipinski definition) is 1. The molecule has 0 radical (unpaired) electrons. The molecule has 188 valence electrons. The number of carbonyl (C=O) groups excluding carboxylic acids is 2. The molecule has 0 spiro atoms. The number of carbonyl (C=O) groups is 2. The number of anilines is 2. The summed E-state index contributed by atoms with van der Waals surface area (Å²) in [5.41, 5.74) is 2.49. The molecule has 1 fully saturated rings. The first-order chi connectivity index (χ1) is 17.6. The standard InChI is InChI=1S/C26H29N5O5/c1-29(17-25(32)27-19-6-8-20(9-7-19)30-10-14-34-15-11-30)18-26(33)31-22(24-5-3-13-36-24)16-21(28-31)23-4-2-12-35-23/h2-9,12-13,22H,10-11,14-18H2,1H3,(H,27,32). The Balaban J connectivity index is 1.17. The predicted octanol–water partition coefficient (Wildman–Crippen LogP) is 2.96. The van der Waals surface area contributed by atoms with E-state index in [4.69, 9.17) is 13.6 Å². The molecule has 1 atom stereocenters. The molecule has 4 heterocycles. The zero-order chi connectivity index (χ0) is 24.9. The van der Waals surface area contributed by atoms with Crippen molar-refractivity contribution >= 4 is 28.9 Å². The van der Waals surface area contributed by atoms with E-state index in [1.807, 2.05) is 36.4 Å². The fourth-order valence-corrected chi connectivity index (χ4v) is 4.42. The van der Waals surface area contributed by atoms with E-state index in [9.17, 15) is 9.59 Å². The third-order valence-electron chi connectivity index (χ3n) is 6.19. The zero-order valence-corrected chi connectivity index (χ0v) is 20.1. The molecular weight excluding hydrogens is 462 g/mol. The van der Waals surface area contributed by atoms with Gasteiger partial charge >= 0.3 is 0 Å². The van der Waals surface area contributed by atoms with Crippen LogP contribution < -0.4 is 10.2 Å². The number of likely N-dealkylation sites (N-methyl/N-ethyl adjacent to an activating group) is 1. The van der Waals surface area contributed by atoms with Crippen molar-refractivity contribution < 1.29 is 23.2 Å². The van der Waals surface area contributed by atoms with Gasteiger partial charge in [0.05, 0.1) is 38.8 Å². The SMILES string of the molecule is CN(CC(=O)Nc1ccc(N2CCOCC2)cc1)CC(=O)N1N=C(c2ccco2)CC1c1ccco1. The molecule has 2 aliphatic rings. The second-order valence-corrected chi connectivity index (χ2v) is 8.86. The van der Waals surface area contributed by atoms with Gasteiger partial charge in [-0.1, -0.05) is 0 Å². The molecule has 10 nitrogen and oxygen atoms in total. The molecule has 1 unspecified atom stereocenters. The van der Waals surface area contributed by atoms with Crippen LogP contribution in [0.1, 0.15) is 24.0 Å². The van der Waals surface area contributed by atoms with Gasteiger partial charge < -0.3 is 23.8 Å². The minimum atomic E-state index is -0.361. The summed E-state index contributed by atoms with van der Waals surface area (Å²) in [5.74, 6) is 0.833. The van der Waals surface area contributed by atoms with Crippen LogP contribution in [0.2, 0.25) is 0 Å². The highest BCUT2D eigenvalue weighted by atomic mass is 16.5. The number of nitrogens with zero attached hydrogens (tertiary/aromatic N) is 4. The van der Waals surface area contributed by atoms with Crippen LogP contribution in [0, 0.1) is 0 Å². The van der Waals surface area contributed by atoms with Gasteiger partial charge in [0.2, 0.25) is 5.91 Å². The third kappa shape index (κ3) is 5.50. The van der Waals surface area contributed by atoms with Crippen LogP contribution in [0.15, 0.2) is 75.0 Å². The summed E-state index contributed by atoms with van der Waals surface area (Å²) >= 11 is 0. The monoisotopic (exact) mass is 491 g/mol. The highest BCUT2D eigenvalue weighted by molar-refractivity contribution is 6.01. The van der Waals surface area contributed by atoms with Crippen molar-refractivity contribution in [1.82, 2.24) is 9.91 Å². The summed E-state index contributed by atoms with van der Waals surface area (Å²) < 4.78 is 16.4. The number of nitrogens with one attached hydrogen (secondary N) is 1. The van der Waals surface area contributed by atoms with Gasteiger partial charge in [-0.15, -0.1) is 0 Å². The van der Waals surface area contributed by atoms with Crippen molar-refractivity contribution in [2.24, 2.45) is 5.10 Å². The average molecular weight is 492 g/mol. The van der Waals surface area contributed by atoms with Crippen LogP contribution in [-0.4, -0.2) is 73.9 Å². The van der Waals surface area contributed by atoms with Crippen molar-refractivity contribution in [1.29, 1.82) is 0 Å². The molecule has 2 aliphatic heterocycles. The Morgan fingerprint density at radius 3 is 2.47 bits per heavy atom. The topological polar surface area (TPSA) is 104 Å². The summed E-state index contributed by atoms with van der Waals surface area (Å²) in [4.78, 5) is 29.7. The molecule has 2 amide bonds. The second-order valence-electron chi connectivity index (χ2n) is 8.86. The lowest BCUT2D eigenvalue weighted by Gasteiger charge is -2.29. The fourth-order valence-electron chi connectivity index (χ4n) is 4.42. The Bertz CT molecular complexity index is 1180. The van der Waals surface area contributed by atoms with Crippen LogP contribution in [0.3, 0.4) is 0 Å². The van der Waals surface area contributed by atoms with Crippen LogP contribution in [0.5, 0.6) is 0 Å². The highest BCUT2D eigenvalue weighted by Gasteiger charge is 2.36. The number of amides is 2. The average Bonchev–Trinajstić information content (AvgIpc) is 3.66. The molecule has 3 aromatic rings. The van der Waals surface area contributed by atoms with Crippen LogP contribution in [0.4, 0.5) is 11.4 Å². The van der Waals surface area contributed by atoms with Crippen LogP contribution >= 0.6 is 0 Å². The van der Waals surface area contributed by atoms with Crippen molar-refractivity contribution in [3.05, 3.63) is 72.6 Å². The summed E-state index contributed by atoms with van der Waals surface area (Å²) in [6.07, 6.45) is 3.64. The van der Waals surface area contributed by atoms with Crippen LogP contribution in [0.25, 0.3) is 0 Å². The Morgan fingerprint density at radius 2 is 1.78 bits per heavy atom. The summed E-state index contributed by atoms with van der Waals surface area (Å²) in [5, 5.41) is 8.85. The van der Waals surface area contributed by atoms with Gasteiger partial charge in [0.15, 0.2) is 0 Å². The van der Waals surface area contributed by atoms with Gasteiger partial charge in [-0.3, -0.25) is 14.5 Å². The first-order valence-corrected chi connectivity index (χ1v) is 11.9. The van der Waals surface area contributed by atoms with Crippen molar-refractivity contribution in [3.63, 3.8) is 0 Å². The molecule has 1 N–H and O–H groups in total. The summed E-state index contributed by atoms with van der Waals surface area (Å²) in [6, 6.07) is 14.6. The molecule has 36 heavy (non-hydrogen) atoms. The van der Waals surface area contributed by atoms with Gasteiger partial charge in [-0.05, 0) is 55.6 Å². The molecule has 0 aliphatic carbocycles. The Labute approximate surface area is 209 Å². The zero-order valence-electron chi connectivity index (χ0n) is 20.1. The van der Waals surface area contributed by atoms with Crippen molar-refractivity contribution in [3.8, 4) is 0 Å². The number of furan rings is 2. The summed E-state index contributed by atoms with van der Waals surface area (Å²) in [6.45, 7) is 3.24. The first kappa shape index (κ1) is 23.8. The maximum Gasteiger partial charge on any atom is 0.257 e. The molecule has 1 aromatic carbocycles. The highest BCUT2D eigenvalue weighted by Crippen LogP contribution is 2.33. The maximum absolute atomic E-state index is 13.2. The van der Waals surface area contributed by atoms with E-state index >= 15 is 0 Å². The number of benzene rings is 1. The molecule has 2 aromatic heterocycles. The van der Waals surface area contributed by atoms with Crippen LogP contribution in [-0.2, 0) is 14.3 Å². The fraction of sp³-hybridized carbons (Fsp3) is 0.346. The molecule has 10 heteroatoms. The lowest BCUT2D eigenvalue weighted by Crippen LogP contribution is -2.39. The van der Waals surface area contributed by atoms with Gasteiger partial charge in [0, 0.05) is 30.9 Å². The van der Waals surface area contributed by atoms with Gasteiger partial charge in [-0.2, -0.15) is 5.10 Å². The molecular formula is C26H29N5O5. The van der Waals surface area contributed by atoms with E-state index in [-0.39, 0.29) is 30.9 Å². The molecule has 1 saturated heterocycles. The van der Waals surface area contributed by atoms with E-state index < -0.39 is 0 Å². The van der Waals surface area contributed by atoms with E-state index in [0.29, 0.717) is 29.3 Å². The van der Waals surface area contributed by atoms with E-state index in [2.05, 4.69) is 15.3 Å². The minimum Gasteiger partial charge on any atom is -0.467 e. The lowest BCUT2D eigenvalue weighted by atomic mass is 10.1. The van der Waals surface area contributed by atoms with Gasteiger partial charge in [0.25, 0.3) is 5.91 Å². The van der Waals surface area contributed by atoms with E-state index in [0.717, 1.165) is 32.0 Å². The maximum atomic E-state index is 13.2. The number of hydrogen-bond acceptors (Lipinski definition) is 8. The number of ether oxygens (including phenoxy) is 1. The predicted molar refractivity (Wildman–Crippen MR) is 134 cm³/mol. The first-order valence-electron chi connectivity index (χ1n) is 11.9. The lowest BCUT2D eigenvalue weighted by molar-refractivity contribution is -0.134. The Morgan fingerprint density at radius 1 is 1.03 bits per heavy atom. The van der Waals surface area contributed by atoms with Crippen molar-refractivity contribution in [2.75, 3.05) is 56.7 Å². The quantitative estimate of drug-likeness (QED) is 0.517. The minimum absolute atomic E-state index is 0.0233. The Hall–Kier alpha value is -3.89. The third-order valence-corrected chi connectivity index (χ3v) is 6.19. The van der Waals surface area contributed by atoms with Gasteiger partial charge in [0.1, 0.15) is 23.3 Å². The molecule has 0 bridgehead atoms. The largest absolute Gasteiger partial charge is 0.467 e. The second kappa shape index (κ2) is 10.8. The van der Waals surface area contributed by atoms with E-state index in [1.54, 1.807) is 36.6 Å².